The number of benzene rings is 1. The minimum Gasteiger partial charge on any atom is -0.508 e. The Labute approximate surface area is 118 Å². The van der Waals surface area contributed by atoms with E-state index in [-0.39, 0.29) is 12.4 Å². The molecule has 0 aromatic heterocycles. The van der Waals surface area contributed by atoms with Gasteiger partial charge in [0, 0.05) is 0 Å². The van der Waals surface area contributed by atoms with Crippen LogP contribution in [0.5, 0.6) is 11.5 Å². The molecule has 0 unspecified atom stereocenters. The Morgan fingerprint density at radius 2 is 2.10 bits per heavy atom. The SMILES string of the molecule is COC(=O)OC/C=C(\C)CCc1cc(OC)ccc1O. The number of allylic oxidation sites excluding steroid dienone is 1. The van der Waals surface area contributed by atoms with Crippen molar-refractivity contribution in [3.63, 3.8) is 0 Å². The first-order chi connectivity index (χ1) is 9.56. The summed E-state index contributed by atoms with van der Waals surface area (Å²) in [5.74, 6) is 0.970. The van der Waals surface area contributed by atoms with E-state index in [0.29, 0.717) is 12.2 Å². The van der Waals surface area contributed by atoms with Crippen LogP contribution in [0.25, 0.3) is 0 Å². The number of hydrogen-bond donors (Lipinski definition) is 1. The maximum Gasteiger partial charge on any atom is 0.508 e. The summed E-state index contributed by atoms with van der Waals surface area (Å²) in [4.78, 5) is 10.8. The zero-order valence-corrected chi connectivity index (χ0v) is 12.0. The van der Waals surface area contributed by atoms with Gasteiger partial charge >= 0.3 is 6.16 Å². The second kappa shape index (κ2) is 8.09. The van der Waals surface area contributed by atoms with Crippen molar-refractivity contribution in [2.45, 2.75) is 19.8 Å². The molecular weight excluding hydrogens is 260 g/mol. The molecule has 0 fully saturated rings. The number of carbonyl (C=O) groups is 1. The van der Waals surface area contributed by atoms with E-state index in [1.807, 2.05) is 19.1 Å². The molecule has 0 bridgehead atoms. The normalized spacial score (nSPS) is 11.1. The Morgan fingerprint density at radius 3 is 2.75 bits per heavy atom. The fraction of sp³-hybridized carbons (Fsp3) is 0.400. The van der Waals surface area contributed by atoms with Gasteiger partial charge in [-0.1, -0.05) is 5.57 Å². The second-order valence-corrected chi connectivity index (χ2v) is 4.31. The van der Waals surface area contributed by atoms with Crippen molar-refractivity contribution in [3.8, 4) is 11.5 Å². The lowest BCUT2D eigenvalue weighted by Crippen LogP contribution is -2.04. The predicted octanol–water partition coefficient (Wildman–Crippen LogP) is 3.06. The van der Waals surface area contributed by atoms with Gasteiger partial charge in [-0.3, -0.25) is 0 Å². The highest BCUT2D eigenvalue weighted by molar-refractivity contribution is 5.59. The van der Waals surface area contributed by atoms with E-state index in [1.165, 1.54) is 7.11 Å². The first kappa shape index (κ1) is 15.9. The van der Waals surface area contributed by atoms with E-state index < -0.39 is 6.16 Å². The van der Waals surface area contributed by atoms with E-state index in [2.05, 4.69) is 4.74 Å². The number of phenolic OH excluding ortho intramolecular Hbond substituents is 1. The van der Waals surface area contributed by atoms with E-state index in [4.69, 9.17) is 9.47 Å². The standard InChI is InChI=1S/C15H20O5/c1-11(8-9-20-15(17)19-3)4-5-12-10-13(18-2)6-7-14(12)16/h6-8,10,16H,4-5,9H2,1-3H3/b11-8+. The maximum atomic E-state index is 10.8. The second-order valence-electron chi connectivity index (χ2n) is 4.31. The molecule has 0 radical (unpaired) electrons. The van der Waals surface area contributed by atoms with Crippen LogP contribution in [0.15, 0.2) is 29.8 Å². The summed E-state index contributed by atoms with van der Waals surface area (Å²) in [7, 11) is 2.86. The third-order valence-corrected chi connectivity index (χ3v) is 2.87. The summed E-state index contributed by atoms with van der Waals surface area (Å²) in [5.41, 5.74) is 1.89. The van der Waals surface area contributed by atoms with Crippen molar-refractivity contribution < 1.29 is 24.1 Å². The molecule has 20 heavy (non-hydrogen) atoms. The molecule has 0 atom stereocenters. The van der Waals surface area contributed by atoms with Gasteiger partial charge in [-0.25, -0.2) is 4.79 Å². The Bertz CT molecular complexity index is 479. The average molecular weight is 280 g/mol. The summed E-state index contributed by atoms with van der Waals surface area (Å²) in [6.07, 6.45) is 2.56. The molecule has 0 aliphatic heterocycles. The van der Waals surface area contributed by atoms with Gasteiger partial charge < -0.3 is 19.3 Å². The fourth-order valence-corrected chi connectivity index (χ4v) is 1.63. The van der Waals surface area contributed by atoms with Crippen LogP contribution in [0.4, 0.5) is 4.79 Å². The van der Waals surface area contributed by atoms with Crippen LogP contribution in [-0.4, -0.2) is 32.1 Å². The number of carbonyl (C=O) groups excluding carboxylic acids is 1. The van der Waals surface area contributed by atoms with Gasteiger partial charge in [0.25, 0.3) is 0 Å². The highest BCUT2D eigenvalue weighted by Gasteiger charge is 2.04. The first-order valence-electron chi connectivity index (χ1n) is 6.29. The Kier molecular flexibility index (Phi) is 6.43. The van der Waals surface area contributed by atoms with Crippen molar-refractivity contribution in [2.75, 3.05) is 20.8 Å². The van der Waals surface area contributed by atoms with Gasteiger partial charge in [0.2, 0.25) is 0 Å². The fourth-order valence-electron chi connectivity index (χ4n) is 1.63. The first-order valence-corrected chi connectivity index (χ1v) is 6.29. The monoisotopic (exact) mass is 280 g/mol. The van der Waals surface area contributed by atoms with Crippen molar-refractivity contribution in [1.82, 2.24) is 0 Å². The highest BCUT2D eigenvalue weighted by Crippen LogP contribution is 2.24. The van der Waals surface area contributed by atoms with Crippen molar-refractivity contribution >= 4 is 6.16 Å². The molecule has 1 aromatic rings. The predicted molar refractivity (Wildman–Crippen MR) is 75.1 cm³/mol. The summed E-state index contributed by atoms with van der Waals surface area (Å²) < 4.78 is 14.3. The van der Waals surface area contributed by atoms with Crippen LogP contribution in [-0.2, 0) is 15.9 Å². The molecule has 1 N–H and O–H groups in total. The highest BCUT2D eigenvalue weighted by atomic mass is 16.7. The third-order valence-electron chi connectivity index (χ3n) is 2.87. The number of phenols is 1. The van der Waals surface area contributed by atoms with Crippen LogP contribution in [0.2, 0.25) is 0 Å². The van der Waals surface area contributed by atoms with Crippen molar-refractivity contribution in [3.05, 3.63) is 35.4 Å². The molecular formula is C15H20O5. The minimum atomic E-state index is -0.695. The van der Waals surface area contributed by atoms with Gasteiger partial charge in [0.1, 0.15) is 18.1 Å². The molecule has 0 amide bonds. The minimum absolute atomic E-state index is 0.183. The van der Waals surface area contributed by atoms with Gasteiger partial charge in [-0.05, 0) is 49.6 Å². The molecule has 5 nitrogen and oxygen atoms in total. The Hall–Kier alpha value is -2.17. The molecule has 0 spiro atoms. The van der Waals surface area contributed by atoms with Crippen molar-refractivity contribution in [1.29, 1.82) is 0 Å². The topological polar surface area (TPSA) is 65.0 Å². The lowest BCUT2D eigenvalue weighted by Gasteiger charge is -2.07. The van der Waals surface area contributed by atoms with E-state index in [9.17, 15) is 9.90 Å². The third kappa shape index (κ3) is 5.22. The van der Waals surface area contributed by atoms with Crippen LogP contribution < -0.4 is 4.74 Å². The molecule has 0 saturated carbocycles. The number of rotatable bonds is 6. The lowest BCUT2D eigenvalue weighted by atomic mass is 10.0. The smallest absolute Gasteiger partial charge is 0.508 e. The van der Waals surface area contributed by atoms with E-state index >= 15 is 0 Å². The number of aromatic hydroxyl groups is 1. The van der Waals surface area contributed by atoms with Crippen LogP contribution in [0, 0.1) is 0 Å². The number of aryl methyl sites for hydroxylation is 1. The molecule has 110 valence electrons. The Morgan fingerprint density at radius 1 is 1.35 bits per heavy atom. The molecule has 0 aliphatic carbocycles. The zero-order chi connectivity index (χ0) is 15.0. The van der Waals surface area contributed by atoms with E-state index in [0.717, 1.165) is 17.6 Å². The van der Waals surface area contributed by atoms with E-state index in [1.54, 1.807) is 19.2 Å². The summed E-state index contributed by atoms with van der Waals surface area (Å²) in [5, 5.41) is 9.76. The van der Waals surface area contributed by atoms with Gasteiger partial charge in [-0.2, -0.15) is 0 Å². The molecule has 0 saturated heterocycles. The maximum absolute atomic E-state index is 10.8. The van der Waals surface area contributed by atoms with Crippen molar-refractivity contribution in [2.24, 2.45) is 0 Å². The van der Waals surface area contributed by atoms with Crippen LogP contribution in [0.1, 0.15) is 18.9 Å². The zero-order valence-electron chi connectivity index (χ0n) is 12.0. The number of hydrogen-bond acceptors (Lipinski definition) is 5. The Balaban J connectivity index is 2.49. The average Bonchev–Trinajstić information content (AvgIpc) is 2.46. The van der Waals surface area contributed by atoms with Gasteiger partial charge in [0.05, 0.1) is 14.2 Å². The van der Waals surface area contributed by atoms with Crippen LogP contribution >= 0.6 is 0 Å². The summed E-state index contributed by atoms with van der Waals surface area (Å²) >= 11 is 0. The largest absolute Gasteiger partial charge is 0.508 e. The summed E-state index contributed by atoms with van der Waals surface area (Å²) in [6, 6.07) is 5.15. The summed E-state index contributed by atoms with van der Waals surface area (Å²) in [6.45, 7) is 2.13. The molecule has 1 aromatic carbocycles. The quantitative estimate of drug-likeness (QED) is 0.641. The van der Waals surface area contributed by atoms with Crippen LogP contribution in [0.3, 0.4) is 0 Å². The number of ether oxygens (including phenoxy) is 3. The molecule has 0 aliphatic rings. The van der Waals surface area contributed by atoms with Gasteiger partial charge in [-0.15, -0.1) is 0 Å². The number of methoxy groups -OCH3 is 2. The molecule has 0 heterocycles. The van der Waals surface area contributed by atoms with Gasteiger partial charge in [0.15, 0.2) is 0 Å². The lowest BCUT2D eigenvalue weighted by molar-refractivity contribution is 0.0816. The molecule has 5 heteroatoms. The molecule has 1 rings (SSSR count).